The van der Waals surface area contributed by atoms with Crippen LogP contribution in [0.4, 0.5) is 19.1 Å². The highest BCUT2D eigenvalue weighted by Gasteiger charge is 2.33. The molecular formula is C17H15F3N6O2S. The average Bonchev–Trinajstić information content (AvgIpc) is 3.22. The summed E-state index contributed by atoms with van der Waals surface area (Å²) in [5.74, 6) is -4.54. The first-order valence-electron chi connectivity index (χ1n) is 8.62. The van der Waals surface area contributed by atoms with E-state index >= 15 is 0 Å². The number of anilines is 1. The number of sulfonamides is 1. The highest BCUT2D eigenvalue weighted by molar-refractivity contribution is 7.89. The first kappa shape index (κ1) is 19.3. The number of aromatic nitrogens is 4. The lowest BCUT2D eigenvalue weighted by molar-refractivity contribution is 0.375. The Kier molecular flexibility index (Phi) is 4.96. The van der Waals surface area contributed by atoms with Gasteiger partial charge in [0, 0.05) is 26.2 Å². The molecule has 1 aliphatic heterocycles. The van der Waals surface area contributed by atoms with Crippen molar-refractivity contribution in [1.82, 2.24) is 24.5 Å². The molecule has 0 spiro atoms. The molecule has 0 saturated carbocycles. The summed E-state index contributed by atoms with van der Waals surface area (Å²) < 4.78 is 68.5. The van der Waals surface area contributed by atoms with Crippen LogP contribution in [-0.4, -0.2) is 59.1 Å². The monoisotopic (exact) mass is 424 g/mol. The van der Waals surface area contributed by atoms with Gasteiger partial charge in [0.1, 0.15) is 4.90 Å². The Labute approximate surface area is 164 Å². The van der Waals surface area contributed by atoms with Crippen LogP contribution in [0.2, 0.25) is 0 Å². The average molecular weight is 424 g/mol. The first-order valence-corrected chi connectivity index (χ1v) is 10.1. The molecule has 152 valence electrons. The first-order chi connectivity index (χ1) is 13.9. The number of halogens is 3. The molecule has 4 rings (SSSR count). The fourth-order valence-corrected chi connectivity index (χ4v) is 4.57. The summed E-state index contributed by atoms with van der Waals surface area (Å²) >= 11 is 0. The van der Waals surface area contributed by atoms with Crippen LogP contribution in [0.1, 0.15) is 0 Å². The number of benzene rings is 2. The normalized spacial score (nSPS) is 15.6. The lowest BCUT2D eigenvalue weighted by Crippen LogP contribution is -2.49. The lowest BCUT2D eigenvalue weighted by Gasteiger charge is -2.34. The Morgan fingerprint density at radius 3 is 2.24 bits per heavy atom. The van der Waals surface area contributed by atoms with Gasteiger partial charge in [-0.2, -0.15) is 8.99 Å². The molecule has 0 unspecified atom stereocenters. The quantitative estimate of drug-likeness (QED) is 0.592. The SMILES string of the molecule is O=S(=O)(c1ccc(F)c(F)c1F)N1CCN(c2nnnn2-c2ccccc2)CC1. The Balaban J connectivity index is 1.54. The van der Waals surface area contributed by atoms with Gasteiger partial charge in [-0.05, 0) is 34.7 Å². The second-order valence-electron chi connectivity index (χ2n) is 6.29. The van der Waals surface area contributed by atoms with Gasteiger partial charge in [-0.1, -0.05) is 23.3 Å². The Morgan fingerprint density at radius 1 is 0.862 bits per heavy atom. The summed E-state index contributed by atoms with van der Waals surface area (Å²) in [6.45, 7) is 0.473. The molecule has 1 saturated heterocycles. The highest BCUT2D eigenvalue weighted by atomic mass is 32.2. The van der Waals surface area contributed by atoms with Gasteiger partial charge in [-0.15, -0.1) is 0 Å². The third-order valence-corrected chi connectivity index (χ3v) is 6.51. The molecule has 29 heavy (non-hydrogen) atoms. The van der Waals surface area contributed by atoms with Crippen LogP contribution in [0.15, 0.2) is 47.4 Å². The summed E-state index contributed by atoms with van der Waals surface area (Å²) in [5.41, 5.74) is 0.742. The van der Waals surface area contributed by atoms with Gasteiger partial charge in [0.05, 0.1) is 5.69 Å². The predicted octanol–water partition coefficient (Wildman–Crippen LogP) is 1.59. The van der Waals surface area contributed by atoms with Crippen molar-refractivity contribution >= 4 is 16.0 Å². The fraction of sp³-hybridized carbons (Fsp3) is 0.235. The van der Waals surface area contributed by atoms with Crippen molar-refractivity contribution in [3.05, 3.63) is 59.9 Å². The van der Waals surface area contributed by atoms with E-state index in [2.05, 4.69) is 15.5 Å². The molecule has 0 bridgehead atoms. The molecule has 0 atom stereocenters. The fourth-order valence-electron chi connectivity index (χ4n) is 3.09. The van der Waals surface area contributed by atoms with E-state index < -0.39 is 32.4 Å². The zero-order chi connectivity index (χ0) is 20.6. The molecule has 12 heteroatoms. The molecule has 1 fully saturated rings. The molecular weight excluding hydrogens is 409 g/mol. The molecule has 0 aliphatic carbocycles. The van der Waals surface area contributed by atoms with E-state index in [1.807, 2.05) is 30.3 Å². The molecule has 0 amide bonds. The Morgan fingerprint density at radius 2 is 1.55 bits per heavy atom. The van der Waals surface area contributed by atoms with Crippen LogP contribution in [0.25, 0.3) is 5.69 Å². The van der Waals surface area contributed by atoms with Gasteiger partial charge in [0.25, 0.3) is 0 Å². The number of hydrogen-bond acceptors (Lipinski definition) is 6. The van der Waals surface area contributed by atoms with Crippen LogP contribution in [-0.2, 0) is 10.0 Å². The summed E-state index contributed by atoms with van der Waals surface area (Å²) in [6, 6.07) is 10.5. The molecule has 0 N–H and O–H groups in total. The van der Waals surface area contributed by atoms with Crippen molar-refractivity contribution in [2.45, 2.75) is 4.90 Å². The highest BCUT2D eigenvalue weighted by Crippen LogP contribution is 2.25. The maximum Gasteiger partial charge on any atom is 0.250 e. The summed E-state index contributed by atoms with van der Waals surface area (Å²) in [5, 5.41) is 11.6. The van der Waals surface area contributed by atoms with Crippen LogP contribution in [0, 0.1) is 17.5 Å². The van der Waals surface area contributed by atoms with E-state index in [1.54, 1.807) is 4.90 Å². The smallest absolute Gasteiger partial charge is 0.250 e. The maximum absolute atomic E-state index is 14.0. The molecule has 1 aromatic heterocycles. The molecule has 2 heterocycles. The molecule has 1 aliphatic rings. The number of nitrogens with zero attached hydrogens (tertiary/aromatic N) is 6. The Bertz CT molecular complexity index is 1130. The number of rotatable bonds is 4. The van der Waals surface area contributed by atoms with Crippen molar-refractivity contribution in [3.63, 3.8) is 0 Å². The maximum atomic E-state index is 14.0. The van der Waals surface area contributed by atoms with E-state index in [9.17, 15) is 21.6 Å². The zero-order valence-corrected chi connectivity index (χ0v) is 15.7. The minimum absolute atomic E-state index is 0.00240. The van der Waals surface area contributed by atoms with E-state index in [0.717, 1.165) is 16.1 Å². The van der Waals surface area contributed by atoms with Gasteiger partial charge < -0.3 is 4.90 Å². The predicted molar refractivity (Wildman–Crippen MR) is 96.4 cm³/mol. The van der Waals surface area contributed by atoms with E-state index in [0.29, 0.717) is 12.0 Å². The van der Waals surface area contributed by atoms with Crippen LogP contribution in [0.5, 0.6) is 0 Å². The topological polar surface area (TPSA) is 84.2 Å². The van der Waals surface area contributed by atoms with Crippen molar-refractivity contribution in [1.29, 1.82) is 0 Å². The number of tetrazole rings is 1. The minimum atomic E-state index is -4.32. The van der Waals surface area contributed by atoms with Gasteiger partial charge in [0.15, 0.2) is 17.5 Å². The molecule has 0 radical (unpaired) electrons. The van der Waals surface area contributed by atoms with E-state index in [4.69, 9.17) is 0 Å². The standard InChI is InChI=1S/C17H15F3N6O2S/c18-13-6-7-14(16(20)15(13)19)29(27,28)25-10-8-24(9-11-25)17-21-22-23-26(17)12-4-2-1-3-5-12/h1-7H,8-11H2. The van der Waals surface area contributed by atoms with Crippen molar-refractivity contribution in [2.24, 2.45) is 0 Å². The van der Waals surface area contributed by atoms with Gasteiger partial charge in [0.2, 0.25) is 16.0 Å². The van der Waals surface area contributed by atoms with Crippen LogP contribution >= 0.6 is 0 Å². The van der Waals surface area contributed by atoms with Crippen LogP contribution < -0.4 is 4.90 Å². The third-order valence-electron chi connectivity index (χ3n) is 4.59. The molecule has 2 aromatic carbocycles. The van der Waals surface area contributed by atoms with Crippen molar-refractivity contribution < 1.29 is 21.6 Å². The minimum Gasteiger partial charge on any atom is -0.337 e. The Hall–Kier alpha value is -2.99. The lowest BCUT2D eigenvalue weighted by atomic mass is 10.3. The molecule has 8 nitrogen and oxygen atoms in total. The van der Waals surface area contributed by atoms with E-state index in [-0.39, 0.29) is 26.2 Å². The second-order valence-corrected chi connectivity index (χ2v) is 8.20. The third kappa shape index (κ3) is 3.44. The number of piperazine rings is 1. The van der Waals surface area contributed by atoms with Gasteiger partial charge in [-0.25, -0.2) is 21.6 Å². The number of para-hydroxylation sites is 1. The zero-order valence-electron chi connectivity index (χ0n) is 14.9. The van der Waals surface area contributed by atoms with Gasteiger partial charge in [-0.3, -0.25) is 0 Å². The summed E-state index contributed by atoms with van der Waals surface area (Å²) in [4.78, 5) is 0.902. The number of hydrogen-bond donors (Lipinski definition) is 0. The van der Waals surface area contributed by atoms with Crippen molar-refractivity contribution in [3.8, 4) is 5.69 Å². The van der Waals surface area contributed by atoms with Gasteiger partial charge >= 0.3 is 0 Å². The van der Waals surface area contributed by atoms with Crippen LogP contribution in [0.3, 0.4) is 0 Å². The molecule has 3 aromatic rings. The summed E-state index contributed by atoms with van der Waals surface area (Å²) in [7, 11) is -4.32. The summed E-state index contributed by atoms with van der Waals surface area (Å²) in [6.07, 6.45) is 0. The largest absolute Gasteiger partial charge is 0.337 e. The van der Waals surface area contributed by atoms with E-state index in [1.165, 1.54) is 4.68 Å². The second kappa shape index (κ2) is 7.44. The van der Waals surface area contributed by atoms with Crippen molar-refractivity contribution in [2.75, 3.05) is 31.1 Å².